The van der Waals surface area contributed by atoms with Crippen molar-refractivity contribution in [3.8, 4) is 0 Å². The molecule has 12 heteroatoms. The summed E-state index contributed by atoms with van der Waals surface area (Å²) in [4.78, 5) is 11.6. The molecule has 0 bridgehead atoms. The normalized spacial score (nSPS) is 11.2. The van der Waals surface area contributed by atoms with E-state index in [1.54, 1.807) is 0 Å². The number of ether oxygens (including phenoxy) is 10. The summed E-state index contributed by atoms with van der Waals surface area (Å²) < 4.78 is 54.2. The van der Waals surface area contributed by atoms with Crippen molar-refractivity contribution in [1.82, 2.24) is 5.32 Å². The molecule has 1 aromatic rings. The molecule has 0 heterocycles. The van der Waals surface area contributed by atoms with E-state index in [2.05, 4.69) is 12.2 Å². The molecule has 1 N–H and O–H groups in total. The maximum absolute atomic E-state index is 11.6. The monoisotopic (exact) mass is 617 g/mol. The zero-order chi connectivity index (χ0) is 30.7. The number of rotatable bonds is 33. The molecule has 0 aromatic heterocycles. The highest BCUT2D eigenvalue weighted by molar-refractivity contribution is 5.67. The lowest BCUT2D eigenvalue weighted by Gasteiger charge is -2.09. The average molecular weight is 618 g/mol. The van der Waals surface area contributed by atoms with Gasteiger partial charge in [0.15, 0.2) is 0 Å². The fourth-order valence-corrected chi connectivity index (χ4v) is 3.31. The lowest BCUT2D eigenvalue weighted by Crippen LogP contribution is -2.28. The maximum atomic E-state index is 11.6. The Morgan fingerprint density at radius 1 is 0.512 bits per heavy atom. The third-order valence-electron chi connectivity index (χ3n) is 5.60. The van der Waals surface area contributed by atoms with Crippen molar-refractivity contribution in [1.29, 1.82) is 0 Å². The molecule has 12 nitrogen and oxygen atoms in total. The van der Waals surface area contributed by atoms with Crippen molar-refractivity contribution < 1.29 is 52.2 Å². The third kappa shape index (κ3) is 30.0. The summed E-state index contributed by atoms with van der Waals surface area (Å²) in [7, 11) is 0. The van der Waals surface area contributed by atoms with Crippen molar-refractivity contribution in [3.63, 3.8) is 0 Å². The Hall–Kier alpha value is -1.87. The van der Waals surface area contributed by atoms with Gasteiger partial charge in [0, 0.05) is 13.2 Å². The van der Waals surface area contributed by atoms with Crippen molar-refractivity contribution in [2.45, 2.75) is 32.8 Å². The maximum Gasteiger partial charge on any atom is 0.407 e. The second kappa shape index (κ2) is 33.0. The van der Waals surface area contributed by atoms with Crippen LogP contribution in [0.15, 0.2) is 30.3 Å². The second-order valence-electron chi connectivity index (χ2n) is 9.21. The highest BCUT2D eigenvalue weighted by Crippen LogP contribution is 2.00. The van der Waals surface area contributed by atoms with Crippen LogP contribution < -0.4 is 5.32 Å². The predicted octanol–water partition coefficient (Wildman–Crippen LogP) is 3.25. The lowest BCUT2D eigenvalue weighted by atomic mass is 10.2. The molecule has 0 aliphatic heterocycles. The van der Waals surface area contributed by atoms with Gasteiger partial charge in [-0.25, -0.2) is 4.79 Å². The number of benzene rings is 1. The van der Waals surface area contributed by atoms with E-state index in [0.29, 0.717) is 119 Å². The Bertz CT molecular complexity index is 700. The first-order chi connectivity index (χ1) is 21.3. The van der Waals surface area contributed by atoms with E-state index in [1.165, 1.54) is 12.8 Å². The van der Waals surface area contributed by atoms with Gasteiger partial charge in [-0.1, -0.05) is 50.1 Å². The summed E-state index contributed by atoms with van der Waals surface area (Å²) in [5, 5.41) is 2.64. The van der Waals surface area contributed by atoms with Crippen LogP contribution in [-0.4, -0.2) is 132 Å². The fourth-order valence-electron chi connectivity index (χ4n) is 3.31. The van der Waals surface area contributed by atoms with Crippen molar-refractivity contribution in [3.05, 3.63) is 35.9 Å². The van der Waals surface area contributed by atoms with E-state index in [4.69, 9.17) is 47.4 Å². The first kappa shape index (κ1) is 39.2. The molecule has 1 aromatic carbocycles. The van der Waals surface area contributed by atoms with Gasteiger partial charge in [0.05, 0.1) is 112 Å². The molecule has 43 heavy (non-hydrogen) atoms. The molecular formula is C31H55NO11. The minimum Gasteiger partial charge on any atom is -0.445 e. The summed E-state index contributed by atoms with van der Waals surface area (Å²) in [6.07, 6.45) is 3.07. The van der Waals surface area contributed by atoms with E-state index in [-0.39, 0.29) is 6.61 Å². The van der Waals surface area contributed by atoms with E-state index >= 15 is 0 Å². The molecule has 1 rings (SSSR count). The van der Waals surface area contributed by atoms with Crippen LogP contribution in [0.25, 0.3) is 0 Å². The van der Waals surface area contributed by atoms with E-state index < -0.39 is 6.09 Å². The molecule has 0 spiro atoms. The smallest absolute Gasteiger partial charge is 0.407 e. The predicted molar refractivity (Wildman–Crippen MR) is 162 cm³/mol. The van der Waals surface area contributed by atoms with Crippen LogP contribution in [0.5, 0.6) is 0 Å². The van der Waals surface area contributed by atoms with Crippen LogP contribution in [0.3, 0.4) is 0 Å². The van der Waals surface area contributed by atoms with Crippen LogP contribution in [0.1, 0.15) is 31.7 Å². The number of hydrogen-bond acceptors (Lipinski definition) is 11. The summed E-state index contributed by atoms with van der Waals surface area (Å²) in [6.45, 7) is 12.3. The van der Waals surface area contributed by atoms with Gasteiger partial charge < -0.3 is 52.7 Å². The van der Waals surface area contributed by atoms with Crippen LogP contribution >= 0.6 is 0 Å². The van der Waals surface area contributed by atoms with Crippen molar-refractivity contribution in [2.24, 2.45) is 0 Å². The minimum atomic E-state index is -0.465. The molecular weight excluding hydrogens is 562 g/mol. The zero-order valence-corrected chi connectivity index (χ0v) is 26.1. The molecule has 0 radical (unpaired) electrons. The summed E-state index contributed by atoms with van der Waals surface area (Å²) in [5.41, 5.74) is 0.941. The van der Waals surface area contributed by atoms with Gasteiger partial charge in [0.25, 0.3) is 0 Å². The fraction of sp³-hybridized carbons (Fsp3) is 0.774. The van der Waals surface area contributed by atoms with Gasteiger partial charge in [0.1, 0.15) is 6.61 Å². The number of hydrogen-bond donors (Lipinski definition) is 1. The molecule has 0 saturated heterocycles. The first-order valence-electron chi connectivity index (χ1n) is 15.5. The Labute approximate surface area is 257 Å². The van der Waals surface area contributed by atoms with Gasteiger partial charge in [-0.15, -0.1) is 0 Å². The first-order valence-corrected chi connectivity index (χ1v) is 15.5. The van der Waals surface area contributed by atoms with E-state index in [1.807, 2.05) is 30.3 Å². The number of nitrogens with one attached hydrogen (secondary N) is 1. The number of carbonyl (C=O) groups is 1. The van der Waals surface area contributed by atoms with Crippen LogP contribution in [0.2, 0.25) is 0 Å². The molecule has 0 aliphatic rings. The topological polar surface area (TPSA) is 121 Å². The van der Waals surface area contributed by atoms with Gasteiger partial charge in [0.2, 0.25) is 0 Å². The highest BCUT2D eigenvalue weighted by Gasteiger charge is 2.02. The third-order valence-corrected chi connectivity index (χ3v) is 5.60. The SMILES string of the molecule is CCCCCOCCOCCOCCOCCOCCOCCOCCOCCOCCNC(=O)OCc1ccccc1. The molecule has 0 saturated carbocycles. The number of alkyl carbamates (subject to hydrolysis) is 1. The lowest BCUT2D eigenvalue weighted by molar-refractivity contribution is -0.0249. The summed E-state index contributed by atoms with van der Waals surface area (Å²) in [5.74, 6) is 0. The number of carbonyl (C=O) groups excluding carboxylic acids is 1. The molecule has 0 aliphatic carbocycles. The standard InChI is InChI=1S/C31H55NO11/c1-2-3-7-11-34-13-15-36-17-19-38-21-23-40-25-27-42-28-26-41-24-22-39-20-18-37-16-14-35-12-10-32-31(33)43-29-30-8-5-4-6-9-30/h4-6,8-9H,2-3,7,10-29H2,1H3,(H,32,33). The highest BCUT2D eigenvalue weighted by atomic mass is 16.6. The quantitative estimate of drug-likeness (QED) is 0.117. The zero-order valence-electron chi connectivity index (χ0n) is 26.1. The minimum absolute atomic E-state index is 0.242. The van der Waals surface area contributed by atoms with Crippen LogP contribution in [-0.2, 0) is 54.0 Å². The van der Waals surface area contributed by atoms with Gasteiger partial charge in [-0.3, -0.25) is 0 Å². The largest absolute Gasteiger partial charge is 0.445 e. The van der Waals surface area contributed by atoms with E-state index in [9.17, 15) is 4.79 Å². The Balaban J connectivity index is 1.65. The molecule has 250 valence electrons. The Morgan fingerprint density at radius 3 is 1.28 bits per heavy atom. The van der Waals surface area contributed by atoms with Gasteiger partial charge in [-0.2, -0.15) is 0 Å². The van der Waals surface area contributed by atoms with Crippen molar-refractivity contribution in [2.75, 3.05) is 125 Å². The van der Waals surface area contributed by atoms with Gasteiger partial charge >= 0.3 is 6.09 Å². The second-order valence-corrected chi connectivity index (χ2v) is 9.21. The molecule has 0 fully saturated rings. The Morgan fingerprint density at radius 2 is 0.884 bits per heavy atom. The Kier molecular flexibility index (Phi) is 30.1. The molecule has 1 amide bonds. The van der Waals surface area contributed by atoms with Crippen LogP contribution in [0.4, 0.5) is 4.79 Å². The van der Waals surface area contributed by atoms with Crippen molar-refractivity contribution >= 4 is 6.09 Å². The number of unbranched alkanes of at least 4 members (excludes halogenated alkanes) is 2. The summed E-state index contributed by atoms with van der Waals surface area (Å²) >= 11 is 0. The summed E-state index contributed by atoms with van der Waals surface area (Å²) in [6, 6.07) is 9.52. The average Bonchev–Trinajstić information content (AvgIpc) is 3.03. The molecule has 0 unspecified atom stereocenters. The number of amides is 1. The van der Waals surface area contributed by atoms with E-state index in [0.717, 1.165) is 18.6 Å². The van der Waals surface area contributed by atoms with Gasteiger partial charge in [-0.05, 0) is 12.0 Å². The molecule has 0 atom stereocenters. The van der Waals surface area contributed by atoms with Crippen LogP contribution in [0, 0.1) is 0 Å².